The minimum Gasteiger partial charge on any atom is -0.321 e. The van der Waals surface area contributed by atoms with Crippen LogP contribution in [0, 0.1) is 6.07 Å². The average Bonchev–Trinajstić information content (AvgIpc) is 2.67. The van der Waals surface area contributed by atoms with Gasteiger partial charge in [0.2, 0.25) is 0 Å². The molecule has 0 saturated heterocycles. The summed E-state index contributed by atoms with van der Waals surface area (Å²) in [4.78, 5) is 10.8. The lowest BCUT2D eigenvalue weighted by Crippen LogP contribution is -2.18. The predicted molar refractivity (Wildman–Crippen MR) is 97.1 cm³/mol. The van der Waals surface area contributed by atoms with Gasteiger partial charge < -0.3 is 4.90 Å². The summed E-state index contributed by atoms with van der Waals surface area (Å²) in [6, 6.07) is 25.8. The molecule has 2 aromatic heterocycles. The van der Waals surface area contributed by atoms with E-state index >= 15 is 0 Å². The normalized spacial score (nSPS) is 10.7. The molecule has 0 aliphatic heterocycles. The van der Waals surface area contributed by atoms with Gasteiger partial charge in [0, 0.05) is 36.6 Å². The Kier molecular flexibility index (Phi) is 3.90. The van der Waals surface area contributed by atoms with Crippen molar-refractivity contribution in [1.29, 1.82) is 0 Å². The Morgan fingerprint density at radius 3 is 2.50 bits per heavy atom. The quantitative estimate of drug-likeness (QED) is 0.544. The fourth-order valence-electron chi connectivity index (χ4n) is 2.85. The van der Waals surface area contributed by atoms with Gasteiger partial charge in [-0.25, -0.2) is 4.98 Å². The minimum atomic E-state index is 0.712. The molecule has 0 aliphatic rings. The summed E-state index contributed by atoms with van der Waals surface area (Å²) in [5.74, 6) is 0.811. The summed E-state index contributed by atoms with van der Waals surface area (Å²) < 4.78 is 0. The number of pyridine rings is 2. The Labute approximate surface area is 141 Å². The van der Waals surface area contributed by atoms with E-state index in [0.717, 1.165) is 11.5 Å². The third-order valence-electron chi connectivity index (χ3n) is 3.99. The second-order valence-electron chi connectivity index (χ2n) is 5.55. The van der Waals surface area contributed by atoms with Crippen LogP contribution in [0.5, 0.6) is 0 Å². The van der Waals surface area contributed by atoms with Crippen molar-refractivity contribution in [2.24, 2.45) is 0 Å². The fraction of sp³-hybridized carbons (Fsp3) is 0.0476. The van der Waals surface area contributed by atoms with E-state index in [1.807, 2.05) is 36.7 Å². The zero-order valence-electron chi connectivity index (χ0n) is 13.1. The van der Waals surface area contributed by atoms with E-state index in [9.17, 15) is 0 Å². The van der Waals surface area contributed by atoms with E-state index in [2.05, 4.69) is 63.4 Å². The van der Waals surface area contributed by atoms with Gasteiger partial charge in [0.1, 0.15) is 5.82 Å². The topological polar surface area (TPSA) is 29.0 Å². The van der Waals surface area contributed by atoms with Crippen molar-refractivity contribution >= 4 is 22.3 Å². The number of hydrogen-bond donors (Lipinski definition) is 0. The molecule has 4 aromatic rings. The zero-order chi connectivity index (χ0) is 16.2. The van der Waals surface area contributed by atoms with Gasteiger partial charge in [-0.2, -0.15) is 0 Å². The van der Waals surface area contributed by atoms with E-state index in [0.29, 0.717) is 6.54 Å². The number of fused-ring (bicyclic) bond motifs is 1. The van der Waals surface area contributed by atoms with Crippen molar-refractivity contribution in [2.45, 2.75) is 6.54 Å². The Morgan fingerprint density at radius 1 is 0.833 bits per heavy atom. The number of anilines is 2. The minimum absolute atomic E-state index is 0.712. The average molecular weight is 310 g/mol. The summed E-state index contributed by atoms with van der Waals surface area (Å²) >= 11 is 0. The molecule has 2 aromatic carbocycles. The van der Waals surface area contributed by atoms with Gasteiger partial charge in [-0.1, -0.05) is 36.4 Å². The van der Waals surface area contributed by atoms with E-state index in [1.54, 1.807) is 6.20 Å². The second kappa shape index (κ2) is 6.50. The summed E-state index contributed by atoms with van der Waals surface area (Å²) in [5.41, 5.74) is 2.30. The Balaban J connectivity index is 1.86. The van der Waals surface area contributed by atoms with Crippen molar-refractivity contribution < 1.29 is 0 Å². The first-order valence-corrected chi connectivity index (χ1v) is 7.89. The first kappa shape index (κ1) is 14.4. The van der Waals surface area contributed by atoms with E-state index < -0.39 is 0 Å². The molecule has 115 valence electrons. The molecule has 3 heteroatoms. The molecule has 0 spiro atoms. The first-order valence-electron chi connectivity index (χ1n) is 7.89. The van der Waals surface area contributed by atoms with Crippen LogP contribution in [-0.2, 0) is 6.54 Å². The molecule has 0 unspecified atom stereocenters. The summed E-state index contributed by atoms with van der Waals surface area (Å²) in [6.07, 6.45) is 5.44. The first-order chi connectivity index (χ1) is 11.9. The standard InChI is InChI=1S/C21H16N3/c1-2-8-19-18(6-1)7-5-9-20(19)24(21-10-3-4-13-23-21)16-17-11-14-22-15-12-17/h1-9,11-15H,16H2. The molecule has 2 heterocycles. The molecule has 0 atom stereocenters. The summed E-state index contributed by atoms with van der Waals surface area (Å²) in [5, 5.41) is 2.42. The molecule has 4 rings (SSSR count). The summed E-state index contributed by atoms with van der Waals surface area (Å²) in [6.45, 7) is 0.712. The molecule has 24 heavy (non-hydrogen) atoms. The van der Waals surface area contributed by atoms with Gasteiger partial charge in [-0.05, 0) is 41.3 Å². The maximum absolute atomic E-state index is 4.51. The predicted octanol–water partition coefficient (Wildman–Crippen LogP) is 4.77. The van der Waals surface area contributed by atoms with Crippen LogP contribution < -0.4 is 4.90 Å². The third-order valence-corrected chi connectivity index (χ3v) is 3.99. The number of nitrogens with zero attached hydrogens (tertiary/aromatic N) is 3. The Hall–Kier alpha value is -3.20. The molecule has 0 amide bonds. The lowest BCUT2D eigenvalue weighted by atomic mass is 10.1. The molecular weight excluding hydrogens is 294 g/mol. The number of benzene rings is 2. The lowest BCUT2D eigenvalue weighted by Gasteiger charge is -2.25. The van der Waals surface area contributed by atoms with Crippen LogP contribution in [-0.4, -0.2) is 9.97 Å². The van der Waals surface area contributed by atoms with Gasteiger partial charge in [0.05, 0.1) is 5.69 Å². The van der Waals surface area contributed by atoms with Crippen LogP contribution in [0.2, 0.25) is 0 Å². The molecule has 0 aliphatic carbocycles. The van der Waals surface area contributed by atoms with Gasteiger partial charge >= 0.3 is 0 Å². The lowest BCUT2D eigenvalue weighted by molar-refractivity contribution is 0.946. The summed E-state index contributed by atoms with van der Waals surface area (Å²) in [7, 11) is 0. The van der Waals surface area contributed by atoms with Crippen molar-refractivity contribution in [3.8, 4) is 0 Å². The van der Waals surface area contributed by atoms with Crippen LogP contribution >= 0.6 is 0 Å². The molecule has 1 radical (unpaired) electrons. The molecule has 0 saturated carbocycles. The number of aromatic nitrogens is 2. The SMILES string of the molecule is [c]1cccnc1N(Cc1ccncc1)c1cccc2ccccc12. The van der Waals surface area contributed by atoms with Crippen molar-refractivity contribution in [1.82, 2.24) is 9.97 Å². The van der Waals surface area contributed by atoms with Crippen LogP contribution in [0.15, 0.2) is 85.3 Å². The van der Waals surface area contributed by atoms with Crippen LogP contribution in [0.3, 0.4) is 0 Å². The maximum Gasteiger partial charge on any atom is 0.141 e. The largest absolute Gasteiger partial charge is 0.321 e. The second-order valence-corrected chi connectivity index (χ2v) is 5.55. The molecular formula is C21H16N3. The van der Waals surface area contributed by atoms with Crippen molar-refractivity contribution in [2.75, 3.05) is 4.90 Å². The molecule has 0 bridgehead atoms. The van der Waals surface area contributed by atoms with Crippen LogP contribution in [0.1, 0.15) is 5.56 Å². The highest BCUT2D eigenvalue weighted by Gasteiger charge is 2.14. The van der Waals surface area contributed by atoms with E-state index in [4.69, 9.17) is 0 Å². The molecule has 0 N–H and O–H groups in total. The van der Waals surface area contributed by atoms with Crippen LogP contribution in [0.25, 0.3) is 10.8 Å². The molecule has 0 fully saturated rings. The van der Waals surface area contributed by atoms with Gasteiger partial charge in [0.15, 0.2) is 0 Å². The highest BCUT2D eigenvalue weighted by Crippen LogP contribution is 2.32. The third kappa shape index (κ3) is 2.84. The van der Waals surface area contributed by atoms with Crippen LogP contribution in [0.4, 0.5) is 11.5 Å². The Morgan fingerprint density at radius 2 is 1.67 bits per heavy atom. The maximum atomic E-state index is 4.51. The highest BCUT2D eigenvalue weighted by atomic mass is 15.2. The zero-order valence-corrected chi connectivity index (χ0v) is 13.1. The van der Waals surface area contributed by atoms with Crippen molar-refractivity contribution in [3.05, 3.63) is 97.0 Å². The monoisotopic (exact) mass is 310 g/mol. The number of hydrogen-bond acceptors (Lipinski definition) is 3. The van der Waals surface area contributed by atoms with Gasteiger partial charge in [-0.15, -0.1) is 0 Å². The van der Waals surface area contributed by atoms with E-state index in [1.165, 1.54) is 16.3 Å². The van der Waals surface area contributed by atoms with E-state index in [-0.39, 0.29) is 0 Å². The van der Waals surface area contributed by atoms with Crippen molar-refractivity contribution in [3.63, 3.8) is 0 Å². The highest BCUT2D eigenvalue weighted by molar-refractivity contribution is 5.95. The molecule has 3 nitrogen and oxygen atoms in total. The smallest absolute Gasteiger partial charge is 0.141 e. The van der Waals surface area contributed by atoms with Gasteiger partial charge in [-0.3, -0.25) is 4.98 Å². The fourth-order valence-corrected chi connectivity index (χ4v) is 2.85. The van der Waals surface area contributed by atoms with Gasteiger partial charge in [0.25, 0.3) is 0 Å². The Bertz CT molecular complexity index is 931. The number of rotatable bonds is 4.